The maximum atomic E-state index is 14.6. The third kappa shape index (κ3) is 3.46. The van der Waals surface area contributed by atoms with Crippen molar-refractivity contribution in [2.75, 3.05) is 18.9 Å². The highest BCUT2D eigenvalue weighted by molar-refractivity contribution is 6.17. The number of rotatable bonds is 2. The van der Waals surface area contributed by atoms with E-state index in [4.69, 9.17) is 0 Å². The molecule has 7 nitrogen and oxygen atoms in total. The fourth-order valence-electron chi connectivity index (χ4n) is 3.70. The van der Waals surface area contributed by atoms with Crippen molar-refractivity contribution in [1.82, 2.24) is 9.80 Å². The van der Waals surface area contributed by atoms with Gasteiger partial charge in [-0.2, -0.15) is 10.3 Å². The van der Waals surface area contributed by atoms with Gasteiger partial charge in [0.25, 0.3) is 0 Å². The van der Waals surface area contributed by atoms with Crippen LogP contribution in [0.3, 0.4) is 0 Å². The lowest BCUT2D eigenvalue weighted by molar-refractivity contribution is 0.116. The van der Waals surface area contributed by atoms with Crippen molar-refractivity contribution < 1.29 is 18.0 Å². The number of urea groups is 1. The number of aryl methyl sites for hydroxylation is 1. The van der Waals surface area contributed by atoms with E-state index in [1.807, 2.05) is 13.0 Å². The number of aliphatic imine (C=N–C) groups is 2. The van der Waals surface area contributed by atoms with Gasteiger partial charge in [0.15, 0.2) is 11.8 Å². The van der Waals surface area contributed by atoms with Crippen molar-refractivity contribution in [3.63, 3.8) is 0 Å². The minimum atomic E-state index is -2.52. The first-order chi connectivity index (χ1) is 14.6. The zero-order chi connectivity index (χ0) is 22.5. The van der Waals surface area contributed by atoms with Gasteiger partial charge in [-0.3, -0.25) is 9.80 Å². The Morgan fingerprint density at radius 1 is 1.39 bits per heavy atom. The summed E-state index contributed by atoms with van der Waals surface area (Å²) >= 11 is 0. The smallest absolute Gasteiger partial charge is 0.325 e. The molecule has 1 aromatic carbocycles. The molecule has 0 saturated heterocycles. The van der Waals surface area contributed by atoms with Gasteiger partial charge < -0.3 is 5.32 Å². The minimum Gasteiger partial charge on any atom is -0.325 e. The quantitative estimate of drug-likeness (QED) is 0.780. The Morgan fingerprint density at radius 2 is 2.13 bits per heavy atom. The number of nitrogens with zero attached hydrogens (tertiary/aromatic N) is 5. The van der Waals surface area contributed by atoms with E-state index >= 15 is 0 Å². The van der Waals surface area contributed by atoms with Crippen molar-refractivity contribution in [2.24, 2.45) is 9.98 Å². The standard InChI is InChI=1S/C21H19F3N6O/c1-11-4-5-12(9-25)6-15(11)27-18-28-20(31)29(3)19-26-10-16(30(18)19)13-7-14(22)17(23)21(2,24)8-13/h4-8,16-17H,10H2,1-3H3,(H,27,28,31). The van der Waals surface area contributed by atoms with Crippen molar-refractivity contribution in [3.05, 3.63) is 52.9 Å². The molecule has 10 heteroatoms. The lowest BCUT2D eigenvalue weighted by Gasteiger charge is -2.37. The van der Waals surface area contributed by atoms with Crippen LogP contribution in [-0.2, 0) is 0 Å². The van der Waals surface area contributed by atoms with Crippen LogP contribution in [-0.4, -0.2) is 59.2 Å². The molecule has 1 N–H and O–H groups in total. The molecule has 2 amide bonds. The molecular formula is C21H19F3N6O. The number of guanidine groups is 2. The summed E-state index contributed by atoms with van der Waals surface area (Å²) in [6.07, 6.45) is -0.379. The molecule has 0 aromatic heterocycles. The van der Waals surface area contributed by atoms with Gasteiger partial charge in [-0.25, -0.2) is 23.0 Å². The number of fused-ring (bicyclic) bond motifs is 1. The lowest BCUT2D eigenvalue weighted by Crippen LogP contribution is -2.56. The first-order valence-corrected chi connectivity index (χ1v) is 9.53. The molecule has 2 aliphatic heterocycles. The van der Waals surface area contributed by atoms with Gasteiger partial charge in [0.1, 0.15) is 5.83 Å². The normalized spacial score (nSPS) is 27.7. The Morgan fingerprint density at radius 3 is 2.81 bits per heavy atom. The lowest BCUT2D eigenvalue weighted by atomic mass is 9.89. The Kier molecular flexibility index (Phi) is 4.84. The zero-order valence-electron chi connectivity index (χ0n) is 17.0. The molecule has 160 valence electrons. The topological polar surface area (TPSA) is 84.1 Å². The summed E-state index contributed by atoms with van der Waals surface area (Å²) in [6.45, 7) is 2.87. The van der Waals surface area contributed by atoms with Gasteiger partial charge in [-0.1, -0.05) is 6.07 Å². The van der Waals surface area contributed by atoms with Gasteiger partial charge in [-0.05, 0) is 49.3 Å². The van der Waals surface area contributed by atoms with E-state index in [0.29, 0.717) is 11.3 Å². The summed E-state index contributed by atoms with van der Waals surface area (Å²) in [6, 6.07) is 5.77. The van der Waals surface area contributed by atoms with Crippen LogP contribution in [0.1, 0.15) is 18.1 Å². The molecule has 0 fully saturated rings. The molecule has 1 aliphatic carbocycles. The third-order valence-electron chi connectivity index (χ3n) is 5.44. The van der Waals surface area contributed by atoms with Gasteiger partial charge in [0.05, 0.1) is 24.2 Å². The number of nitriles is 1. The van der Waals surface area contributed by atoms with E-state index in [1.165, 1.54) is 11.9 Å². The largest absolute Gasteiger partial charge is 0.353 e. The molecule has 0 bridgehead atoms. The molecular weight excluding hydrogens is 409 g/mol. The highest BCUT2D eigenvalue weighted by atomic mass is 19.2. The summed E-state index contributed by atoms with van der Waals surface area (Å²) in [5.74, 6) is -0.860. The van der Waals surface area contributed by atoms with E-state index in [1.54, 1.807) is 23.1 Å². The monoisotopic (exact) mass is 428 g/mol. The van der Waals surface area contributed by atoms with E-state index < -0.39 is 29.7 Å². The molecule has 3 atom stereocenters. The third-order valence-corrected chi connectivity index (χ3v) is 5.44. The number of anilines is 1. The zero-order valence-corrected chi connectivity index (χ0v) is 17.0. The van der Waals surface area contributed by atoms with E-state index in [9.17, 15) is 23.2 Å². The second-order valence-electron chi connectivity index (χ2n) is 7.76. The second-order valence-corrected chi connectivity index (χ2v) is 7.76. The fourth-order valence-corrected chi connectivity index (χ4v) is 3.70. The maximum absolute atomic E-state index is 14.6. The number of hydrogen-bond donors (Lipinski definition) is 1. The molecule has 2 heterocycles. The molecule has 0 radical (unpaired) electrons. The summed E-state index contributed by atoms with van der Waals surface area (Å²) in [7, 11) is 1.49. The van der Waals surface area contributed by atoms with Crippen LogP contribution in [0.15, 0.2) is 51.7 Å². The molecule has 0 spiro atoms. The van der Waals surface area contributed by atoms with Crippen LogP contribution in [0.2, 0.25) is 0 Å². The highest BCUT2D eigenvalue weighted by Crippen LogP contribution is 2.37. The Hall–Kier alpha value is -3.61. The summed E-state index contributed by atoms with van der Waals surface area (Å²) in [5.41, 5.74) is -0.589. The van der Waals surface area contributed by atoms with Crippen molar-refractivity contribution >= 4 is 23.6 Å². The first-order valence-electron chi connectivity index (χ1n) is 9.53. The summed E-state index contributed by atoms with van der Waals surface area (Å²) in [5, 5.41) is 12.2. The van der Waals surface area contributed by atoms with Crippen LogP contribution in [0.5, 0.6) is 0 Å². The van der Waals surface area contributed by atoms with E-state index in [2.05, 4.69) is 15.3 Å². The van der Waals surface area contributed by atoms with Crippen LogP contribution in [0, 0.1) is 18.3 Å². The second kappa shape index (κ2) is 7.27. The molecule has 3 aliphatic rings. The number of carbonyl (C=O) groups excluding carboxylic acids is 1. The fraction of sp³-hybridized carbons (Fsp3) is 0.333. The van der Waals surface area contributed by atoms with Crippen molar-refractivity contribution in [1.29, 1.82) is 5.26 Å². The Balaban J connectivity index is 1.75. The summed E-state index contributed by atoms with van der Waals surface area (Å²) in [4.78, 5) is 23.5. The predicted octanol–water partition coefficient (Wildman–Crippen LogP) is 3.60. The molecule has 1 aromatic rings. The van der Waals surface area contributed by atoms with Crippen molar-refractivity contribution in [2.45, 2.75) is 31.7 Å². The predicted molar refractivity (Wildman–Crippen MR) is 110 cm³/mol. The first kappa shape index (κ1) is 20.7. The molecule has 0 saturated carbocycles. The number of allylic oxidation sites excluding steroid dienone is 2. The number of alkyl halides is 2. The number of halogens is 3. The molecule has 4 rings (SSSR count). The van der Waals surface area contributed by atoms with Gasteiger partial charge >= 0.3 is 6.03 Å². The van der Waals surface area contributed by atoms with Gasteiger partial charge in [-0.15, -0.1) is 0 Å². The maximum Gasteiger partial charge on any atom is 0.353 e. The van der Waals surface area contributed by atoms with Crippen LogP contribution < -0.4 is 5.32 Å². The SMILES string of the molecule is Cc1ccc(C#N)cc1NC1=NC(=O)N(C)C2=NCC(C3=CC(C)(F)C(F)C(F)=C3)N12. The van der Waals surface area contributed by atoms with Crippen LogP contribution >= 0.6 is 0 Å². The number of carbonyl (C=O) groups is 1. The number of benzene rings is 1. The average Bonchev–Trinajstić information content (AvgIpc) is 3.17. The van der Waals surface area contributed by atoms with Gasteiger partial charge in [0.2, 0.25) is 11.9 Å². The molecule has 31 heavy (non-hydrogen) atoms. The number of hydrogen-bond acceptors (Lipinski definition) is 5. The Bertz CT molecular complexity index is 1130. The van der Waals surface area contributed by atoms with E-state index in [-0.39, 0.29) is 24.0 Å². The van der Waals surface area contributed by atoms with Crippen LogP contribution in [0.25, 0.3) is 0 Å². The number of amides is 2. The van der Waals surface area contributed by atoms with Crippen LogP contribution in [0.4, 0.5) is 23.7 Å². The minimum absolute atomic E-state index is 0.0908. The Labute approximate surface area is 176 Å². The van der Waals surface area contributed by atoms with Gasteiger partial charge in [0, 0.05) is 12.7 Å². The van der Waals surface area contributed by atoms with Crippen molar-refractivity contribution in [3.8, 4) is 6.07 Å². The summed E-state index contributed by atoms with van der Waals surface area (Å²) < 4.78 is 42.7. The number of nitrogens with one attached hydrogen (secondary N) is 1. The molecule has 3 unspecified atom stereocenters. The van der Waals surface area contributed by atoms with E-state index in [0.717, 1.165) is 24.6 Å². The highest BCUT2D eigenvalue weighted by Gasteiger charge is 2.45. The average molecular weight is 428 g/mol.